The Bertz CT molecular complexity index is 549. The Kier molecular flexibility index (Phi) is 4.56. The summed E-state index contributed by atoms with van der Waals surface area (Å²) < 4.78 is 5.26. The SMILES string of the molecule is COc1cccc(-c2nc(C)c(CNC(C)C)s2)c1. The highest BCUT2D eigenvalue weighted by atomic mass is 32.1. The van der Waals surface area contributed by atoms with Gasteiger partial charge in [0.2, 0.25) is 0 Å². The number of hydrogen-bond acceptors (Lipinski definition) is 4. The minimum atomic E-state index is 0.488. The van der Waals surface area contributed by atoms with Gasteiger partial charge < -0.3 is 10.1 Å². The largest absolute Gasteiger partial charge is 0.497 e. The third kappa shape index (κ3) is 3.55. The molecule has 1 aromatic carbocycles. The molecule has 0 radical (unpaired) electrons. The Morgan fingerprint density at radius 1 is 1.37 bits per heavy atom. The van der Waals surface area contributed by atoms with E-state index in [0.717, 1.165) is 28.6 Å². The molecular formula is C15H20N2OS. The zero-order chi connectivity index (χ0) is 13.8. The van der Waals surface area contributed by atoms with Crippen molar-refractivity contribution < 1.29 is 4.74 Å². The van der Waals surface area contributed by atoms with Gasteiger partial charge >= 0.3 is 0 Å². The van der Waals surface area contributed by atoms with E-state index in [0.29, 0.717) is 6.04 Å². The van der Waals surface area contributed by atoms with E-state index in [1.54, 1.807) is 18.4 Å². The third-order valence-corrected chi connectivity index (χ3v) is 4.09. The Hall–Kier alpha value is -1.39. The van der Waals surface area contributed by atoms with Crippen LogP contribution in [0.4, 0.5) is 0 Å². The molecule has 4 heteroatoms. The fourth-order valence-electron chi connectivity index (χ4n) is 1.77. The Balaban J connectivity index is 2.23. The standard InChI is InChI=1S/C15H20N2OS/c1-10(2)16-9-14-11(3)17-15(19-14)12-6-5-7-13(8-12)18-4/h5-8,10,16H,9H2,1-4H3. The zero-order valence-corrected chi connectivity index (χ0v) is 12.7. The molecule has 0 fully saturated rings. The molecule has 102 valence electrons. The van der Waals surface area contributed by atoms with E-state index in [4.69, 9.17) is 4.74 Å². The predicted molar refractivity (Wildman–Crippen MR) is 80.8 cm³/mol. The maximum atomic E-state index is 5.26. The monoisotopic (exact) mass is 276 g/mol. The summed E-state index contributed by atoms with van der Waals surface area (Å²) in [5.41, 5.74) is 2.22. The second-order valence-electron chi connectivity index (χ2n) is 4.80. The highest BCUT2D eigenvalue weighted by Crippen LogP contribution is 2.29. The molecule has 0 bridgehead atoms. The van der Waals surface area contributed by atoms with E-state index in [9.17, 15) is 0 Å². The number of methoxy groups -OCH3 is 1. The van der Waals surface area contributed by atoms with Gasteiger partial charge in [-0.2, -0.15) is 0 Å². The summed E-state index contributed by atoms with van der Waals surface area (Å²) in [5, 5.41) is 4.49. The van der Waals surface area contributed by atoms with Gasteiger partial charge in [-0.1, -0.05) is 26.0 Å². The molecule has 0 saturated carbocycles. The van der Waals surface area contributed by atoms with Crippen LogP contribution in [0.3, 0.4) is 0 Å². The molecular weight excluding hydrogens is 256 g/mol. The van der Waals surface area contributed by atoms with E-state index < -0.39 is 0 Å². The van der Waals surface area contributed by atoms with Gasteiger partial charge in [-0.15, -0.1) is 11.3 Å². The minimum Gasteiger partial charge on any atom is -0.497 e. The number of rotatable bonds is 5. The van der Waals surface area contributed by atoms with Gasteiger partial charge in [0, 0.05) is 23.0 Å². The highest BCUT2D eigenvalue weighted by Gasteiger charge is 2.10. The van der Waals surface area contributed by atoms with Crippen LogP contribution in [-0.2, 0) is 6.54 Å². The number of aryl methyl sites for hydroxylation is 1. The quantitative estimate of drug-likeness (QED) is 0.905. The molecule has 19 heavy (non-hydrogen) atoms. The smallest absolute Gasteiger partial charge is 0.124 e. The van der Waals surface area contributed by atoms with Crippen LogP contribution >= 0.6 is 11.3 Å². The van der Waals surface area contributed by atoms with E-state index in [1.165, 1.54) is 4.88 Å². The highest BCUT2D eigenvalue weighted by molar-refractivity contribution is 7.15. The van der Waals surface area contributed by atoms with Crippen LogP contribution < -0.4 is 10.1 Å². The second kappa shape index (κ2) is 6.17. The van der Waals surface area contributed by atoms with E-state index in [2.05, 4.69) is 37.1 Å². The average Bonchev–Trinajstić information content (AvgIpc) is 2.78. The molecule has 1 aromatic heterocycles. The van der Waals surface area contributed by atoms with Crippen molar-refractivity contribution in [1.82, 2.24) is 10.3 Å². The summed E-state index contributed by atoms with van der Waals surface area (Å²) in [6.45, 7) is 7.25. The molecule has 0 amide bonds. The van der Waals surface area contributed by atoms with Gasteiger partial charge in [0.15, 0.2) is 0 Å². The van der Waals surface area contributed by atoms with Crippen molar-refractivity contribution in [2.24, 2.45) is 0 Å². The van der Waals surface area contributed by atoms with Gasteiger partial charge in [-0.3, -0.25) is 0 Å². The Morgan fingerprint density at radius 2 is 2.16 bits per heavy atom. The molecule has 2 aromatic rings. The number of thiazole rings is 1. The normalized spacial score (nSPS) is 11.0. The van der Waals surface area contributed by atoms with Crippen molar-refractivity contribution >= 4 is 11.3 Å². The molecule has 0 unspecified atom stereocenters. The first-order valence-electron chi connectivity index (χ1n) is 6.44. The van der Waals surface area contributed by atoms with Gasteiger partial charge in [0.05, 0.1) is 12.8 Å². The number of hydrogen-bond donors (Lipinski definition) is 1. The number of ether oxygens (including phenoxy) is 1. The lowest BCUT2D eigenvalue weighted by atomic mass is 10.2. The van der Waals surface area contributed by atoms with Crippen LogP contribution in [0.15, 0.2) is 24.3 Å². The van der Waals surface area contributed by atoms with Crippen molar-refractivity contribution in [2.75, 3.05) is 7.11 Å². The summed E-state index contributed by atoms with van der Waals surface area (Å²) >= 11 is 1.74. The van der Waals surface area contributed by atoms with Crippen LogP contribution in [0.1, 0.15) is 24.4 Å². The summed E-state index contributed by atoms with van der Waals surface area (Å²) in [7, 11) is 1.68. The zero-order valence-electron chi connectivity index (χ0n) is 11.9. The summed E-state index contributed by atoms with van der Waals surface area (Å²) in [5.74, 6) is 0.868. The van der Waals surface area contributed by atoms with Crippen LogP contribution in [0, 0.1) is 6.92 Å². The second-order valence-corrected chi connectivity index (χ2v) is 5.88. The first-order chi connectivity index (χ1) is 9.10. The van der Waals surface area contributed by atoms with Crippen molar-refractivity contribution in [3.8, 4) is 16.3 Å². The van der Waals surface area contributed by atoms with E-state index in [1.807, 2.05) is 18.2 Å². The van der Waals surface area contributed by atoms with Crippen molar-refractivity contribution in [3.05, 3.63) is 34.8 Å². The number of nitrogens with zero attached hydrogens (tertiary/aromatic N) is 1. The summed E-state index contributed by atoms with van der Waals surface area (Å²) in [6, 6.07) is 8.53. The van der Waals surface area contributed by atoms with Crippen molar-refractivity contribution in [2.45, 2.75) is 33.4 Å². The molecule has 3 nitrogen and oxygen atoms in total. The fourth-order valence-corrected chi connectivity index (χ4v) is 2.78. The van der Waals surface area contributed by atoms with Crippen LogP contribution in [-0.4, -0.2) is 18.1 Å². The average molecular weight is 276 g/mol. The molecule has 0 aliphatic carbocycles. The van der Waals surface area contributed by atoms with Gasteiger partial charge in [-0.25, -0.2) is 4.98 Å². The molecule has 0 spiro atoms. The van der Waals surface area contributed by atoms with E-state index >= 15 is 0 Å². The lowest BCUT2D eigenvalue weighted by Crippen LogP contribution is -2.21. The van der Waals surface area contributed by atoms with Crippen molar-refractivity contribution in [1.29, 1.82) is 0 Å². The predicted octanol–water partition coefficient (Wildman–Crippen LogP) is 3.63. The number of benzene rings is 1. The molecule has 0 aliphatic rings. The van der Waals surface area contributed by atoms with Gasteiger partial charge in [0.25, 0.3) is 0 Å². The van der Waals surface area contributed by atoms with E-state index in [-0.39, 0.29) is 0 Å². The third-order valence-electron chi connectivity index (χ3n) is 2.88. The fraction of sp³-hybridized carbons (Fsp3) is 0.400. The van der Waals surface area contributed by atoms with Crippen LogP contribution in [0.25, 0.3) is 10.6 Å². The first-order valence-corrected chi connectivity index (χ1v) is 7.26. The summed E-state index contributed by atoms with van der Waals surface area (Å²) in [6.07, 6.45) is 0. The number of aromatic nitrogens is 1. The van der Waals surface area contributed by atoms with Crippen LogP contribution in [0.2, 0.25) is 0 Å². The maximum absolute atomic E-state index is 5.26. The Labute approximate surface area is 118 Å². The molecule has 0 atom stereocenters. The van der Waals surface area contributed by atoms with Gasteiger partial charge in [0.1, 0.15) is 10.8 Å². The Morgan fingerprint density at radius 3 is 2.84 bits per heavy atom. The number of nitrogens with one attached hydrogen (secondary N) is 1. The minimum absolute atomic E-state index is 0.488. The molecule has 1 heterocycles. The molecule has 0 aliphatic heterocycles. The topological polar surface area (TPSA) is 34.1 Å². The molecule has 1 N–H and O–H groups in total. The lowest BCUT2D eigenvalue weighted by Gasteiger charge is -2.05. The molecule has 2 rings (SSSR count). The first kappa shape index (κ1) is 14.0. The van der Waals surface area contributed by atoms with Gasteiger partial charge in [-0.05, 0) is 19.1 Å². The van der Waals surface area contributed by atoms with Crippen molar-refractivity contribution in [3.63, 3.8) is 0 Å². The molecule has 0 saturated heterocycles. The van der Waals surface area contributed by atoms with Crippen LogP contribution in [0.5, 0.6) is 5.75 Å². The maximum Gasteiger partial charge on any atom is 0.124 e. The summed E-state index contributed by atoms with van der Waals surface area (Å²) in [4.78, 5) is 5.95. The lowest BCUT2D eigenvalue weighted by molar-refractivity contribution is 0.415.